The van der Waals surface area contributed by atoms with Gasteiger partial charge in [-0.2, -0.15) is 5.10 Å². The Kier molecular flexibility index (Phi) is 5.18. The second kappa shape index (κ2) is 7.10. The Morgan fingerprint density at radius 1 is 1.20 bits per heavy atom. The molecule has 1 aromatic carbocycles. The Hall–Kier alpha value is -1.81. The van der Waals surface area contributed by atoms with Crippen molar-refractivity contribution in [1.82, 2.24) is 15.5 Å². The smallest absolute Gasteiger partial charge is 0.119 e. The van der Waals surface area contributed by atoms with E-state index < -0.39 is 0 Å². The Labute approximate surface area is 120 Å². The summed E-state index contributed by atoms with van der Waals surface area (Å²) in [6.07, 6.45) is 3.74. The van der Waals surface area contributed by atoms with E-state index >= 15 is 0 Å². The van der Waals surface area contributed by atoms with E-state index in [2.05, 4.69) is 48.4 Å². The van der Waals surface area contributed by atoms with Crippen LogP contribution in [0.5, 0.6) is 5.75 Å². The highest BCUT2D eigenvalue weighted by atomic mass is 16.5. The van der Waals surface area contributed by atoms with Gasteiger partial charge in [0, 0.05) is 24.3 Å². The predicted molar refractivity (Wildman–Crippen MR) is 80.6 cm³/mol. The van der Waals surface area contributed by atoms with Crippen LogP contribution in [0, 0.1) is 5.92 Å². The summed E-state index contributed by atoms with van der Waals surface area (Å²) < 4.78 is 5.69. The average molecular weight is 273 g/mol. The fourth-order valence-corrected chi connectivity index (χ4v) is 1.88. The SMILES string of the molecule is CC(C)COc1ccc(C(C)NCc2cn[nH]c2)cc1. The maximum absolute atomic E-state index is 5.69. The number of rotatable bonds is 7. The molecule has 1 heterocycles. The lowest BCUT2D eigenvalue weighted by atomic mass is 10.1. The van der Waals surface area contributed by atoms with Gasteiger partial charge < -0.3 is 10.1 Å². The molecule has 1 aromatic heterocycles. The molecule has 0 spiro atoms. The summed E-state index contributed by atoms with van der Waals surface area (Å²) >= 11 is 0. The highest BCUT2D eigenvalue weighted by molar-refractivity contribution is 5.29. The molecule has 1 atom stereocenters. The van der Waals surface area contributed by atoms with Crippen molar-refractivity contribution in [2.75, 3.05) is 6.61 Å². The molecule has 0 bridgehead atoms. The van der Waals surface area contributed by atoms with Gasteiger partial charge in [-0.1, -0.05) is 26.0 Å². The maximum Gasteiger partial charge on any atom is 0.119 e. The zero-order valence-corrected chi connectivity index (χ0v) is 12.4. The Morgan fingerprint density at radius 2 is 1.95 bits per heavy atom. The van der Waals surface area contributed by atoms with Crippen LogP contribution in [0.3, 0.4) is 0 Å². The molecule has 0 amide bonds. The van der Waals surface area contributed by atoms with Crippen LogP contribution in [0.1, 0.15) is 37.9 Å². The van der Waals surface area contributed by atoms with E-state index in [1.807, 2.05) is 24.5 Å². The number of nitrogens with one attached hydrogen (secondary N) is 2. The van der Waals surface area contributed by atoms with Crippen LogP contribution < -0.4 is 10.1 Å². The first-order valence-electron chi connectivity index (χ1n) is 7.09. The van der Waals surface area contributed by atoms with Gasteiger partial charge in [-0.15, -0.1) is 0 Å². The van der Waals surface area contributed by atoms with Gasteiger partial charge in [0.25, 0.3) is 0 Å². The normalized spacial score (nSPS) is 12.6. The minimum absolute atomic E-state index is 0.295. The third kappa shape index (κ3) is 4.38. The minimum atomic E-state index is 0.295. The molecule has 1 unspecified atom stereocenters. The first kappa shape index (κ1) is 14.6. The van der Waals surface area contributed by atoms with Crippen LogP contribution in [0.4, 0.5) is 0 Å². The summed E-state index contributed by atoms with van der Waals surface area (Å²) in [6, 6.07) is 8.59. The molecule has 0 aliphatic rings. The molecule has 0 fully saturated rings. The number of aromatic nitrogens is 2. The lowest BCUT2D eigenvalue weighted by Crippen LogP contribution is -2.17. The molecule has 0 aliphatic carbocycles. The van der Waals surface area contributed by atoms with Gasteiger partial charge in [0.2, 0.25) is 0 Å². The van der Waals surface area contributed by atoms with Crippen molar-refractivity contribution < 1.29 is 4.74 Å². The molecule has 108 valence electrons. The molecule has 4 heteroatoms. The first-order valence-corrected chi connectivity index (χ1v) is 7.09. The van der Waals surface area contributed by atoms with Gasteiger partial charge in [-0.25, -0.2) is 0 Å². The van der Waals surface area contributed by atoms with Crippen molar-refractivity contribution in [2.45, 2.75) is 33.4 Å². The molecular weight excluding hydrogens is 250 g/mol. The van der Waals surface area contributed by atoms with E-state index in [9.17, 15) is 0 Å². The van der Waals surface area contributed by atoms with E-state index in [1.54, 1.807) is 0 Å². The zero-order valence-electron chi connectivity index (χ0n) is 12.4. The minimum Gasteiger partial charge on any atom is -0.493 e. The van der Waals surface area contributed by atoms with E-state index in [4.69, 9.17) is 4.74 Å². The quantitative estimate of drug-likeness (QED) is 0.814. The van der Waals surface area contributed by atoms with E-state index in [0.717, 1.165) is 24.5 Å². The Bertz CT molecular complexity index is 491. The lowest BCUT2D eigenvalue weighted by Gasteiger charge is -2.15. The second-order valence-electron chi connectivity index (χ2n) is 5.48. The van der Waals surface area contributed by atoms with Crippen LogP contribution in [0.2, 0.25) is 0 Å². The Morgan fingerprint density at radius 3 is 2.55 bits per heavy atom. The molecule has 0 saturated heterocycles. The van der Waals surface area contributed by atoms with Crippen LogP contribution in [0.15, 0.2) is 36.7 Å². The summed E-state index contributed by atoms with van der Waals surface area (Å²) in [5.41, 5.74) is 2.42. The molecule has 2 rings (SSSR count). The molecular formula is C16H23N3O. The summed E-state index contributed by atoms with van der Waals surface area (Å²) in [7, 11) is 0. The van der Waals surface area contributed by atoms with Crippen LogP contribution in [0.25, 0.3) is 0 Å². The topological polar surface area (TPSA) is 49.9 Å². The number of ether oxygens (including phenoxy) is 1. The van der Waals surface area contributed by atoms with Gasteiger partial charge in [0.05, 0.1) is 12.8 Å². The van der Waals surface area contributed by atoms with E-state index in [-0.39, 0.29) is 0 Å². The number of nitrogens with zero attached hydrogens (tertiary/aromatic N) is 1. The van der Waals surface area contributed by atoms with Crippen molar-refractivity contribution in [2.24, 2.45) is 5.92 Å². The summed E-state index contributed by atoms with van der Waals surface area (Å²) in [5, 5.41) is 10.2. The summed E-state index contributed by atoms with van der Waals surface area (Å²) in [4.78, 5) is 0. The highest BCUT2D eigenvalue weighted by Gasteiger charge is 2.06. The number of hydrogen-bond donors (Lipinski definition) is 2. The van der Waals surface area contributed by atoms with Gasteiger partial charge in [0.1, 0.15) is 5.75 Å². The van der Waals surface area contributed by atoms with Gasteiger partial charge in [-0.05, 0) is 30.5 Å². The number of hydrogen-bond acceptors (Lipinski definition) is 3. The third-order valence-corrected chi connectivity index (χ3v) is 3.13. The van der Waals surface area contributed by atoms with Gasteiger partial charge >= 0.3 is 0 Å². The van der Waals surface area contributed by atoms with E-state index in [1.165, 1.54) is 5.56 Å². The fraction of sp³-hybridized carbons (Fsp3) is 0.438. The maximum atomic E-state index is 5.69. The predicted octanol–water partition coefficient (Wildman–Crippen LogP) is 3.30. The molecule has 0 radical (unpaired) electrons. The van der Waals surface area contributed by atoms with Crippen molar-refractivity contribution in [3.05, 3.63) is 47.8 Å². The summed E-state index contributed by atoms with van der Waals surface area (Å²) in [6.45, 7) is 8.02. The molecule has 0 aliphatic heterocycles. The molecule has 2 N–H and O–H groups in total. The third-order valence-electron chi connectivity index (χ3n) is 3.13. The van der Waals surface area contributed by atoms with E-state index in [0.29, 0.717) is 12.0 Å². The molecule has 0 saturated carbocycles. The molecule has 4 nitrogen and oxygen atoms in total. The second-order valence-corrected chi connectivity index (χ2v) is 5.48. The van der Waals surface area contributed by atoms with Crippen LogP contribution in [-0.4, -0.2) is 16.8 Å². The van der Waals surface area contributed by atoms with Gasteiger partial charge in [-0.3, -0.25) is 5.10 Å². The van der Waals surface area contributed by atoms with Gasteiger partial charge in [0.15, 0.2) is 0 Å². The average Bonchev–Trinajstić information content (AvgIpc) is 2.96. The van der Waals surface area contributed by atoms with Crippen molar-refractivity contribution in [3.8, 4) is 5.75 Å². The summed E-state index contributed by atoms with van der Waals surface area (Å²) in [5.74, 6) is 1.48. The number of aromatic amines is 1. The largest absolute Gasteiger partial charge is 0.493 e. The molecule has 2 aromatic rings. The Balaban J connectivity index is 1.85. The standard InChI is InChI=1S/C16H23N3O/c1-12(2)11-20-16-6-4-15(5-7-16)13(3)17-8-14-9-18-19-10-14/h4-7,9-10,12-13,17H,8,11H2,1-3H3,(H,18,19). The zero-order chi connectivity index (χ0) is 14.4. The lowest BCUT2D eigenvalue weighted by molar-refractivity contribution is 0.271. The van der Waals surface area contributed by atoms with Crippen LogP contribution >= 0.6 is 0 Å². The first-order chi connectivity index (χ1) is 9.65. The van der Waals surface area contributed by atoms with Crippen molar-refractivity contribution in [3.63, 3.8) is 0 Å². The van der Waals surface area contributed by atoms with Crippen LogP contribution in [-0.2, 0) is 6.54 Å². The van der Waals surface area contributed by atoms with Crippen molar-refractivity contribution >= 4 is 0 Å². The number of H-pyrrole nitrogens is 1. The van der Waals surface area contributed by atoms with Crippen molar-refractivity contribution in [1.29, 1.82) is 0 Å². The molecule has 20 heavy (non-hydrogen) atoms. The fourth-order valence-electron chi connectivity index (χ4n) is 1.88. The monoisotopic (exact) mass is 273 g/mol. The highest BCUT2D eigenvalue weighted by Crippen LogP contribution is 2.18. The number of benzene rings is 1.